The fourth-order valence-electron chi connectivity index (χ4n) is 1.60. The Labute approximate surface area is 110 Å². The van der Waals surface area contributed by atoms with Gasteiger partial charge in [0.25, 0.3) is 0 Å². The van der Waals surface area contributed by atoms with Gasteiger partial charge in [-0.05, 0) is 18.2 Å². The molecule has 0 aliphatic rings. The second kappa shape index (κ2) is 4.69. The second-order valence-corrected chi connectivity index (χ2v) is 6.27. The highest BCUT2D eigenvalue weighted by Crippen LogP contribution is 2.27. The van der Waals surface area contributed by atoms with E-state index in [4.69, 9.17) is 0 Å². The molecule has 18 heavy (non-hydrogen) atoms. The third-order valence-corrected chi connectivity index (χ3v) is 3.55. The molecule has 0 radical (unpaired) electrons. The first-order chi connectivity index (χ1) is 8.36. The van der Waals surface area contributed by atoms with E-state index in [0.717, 1.165) is 10.7 Å². The molecule has 0 aliphatic carbocycles. The lowest BCUT2D eigenvalue weighted by Gasteiger charge is -2.14. The SMILES string of the molecule is CC(C)(C)c1csc(Cc2cc(F)ccc2O)n1. The van der Waals surface area contributed by atoms with Gasteiger partial charge in [0.05, 0.1) is 10.7 Å². The standard InChI is InChI=1S/C14H16FNOS/c1-14(2,3)12-8-18-13(16-12)7-9-6-10(15)4-5-11(9)17/h4-6,8,17H,7H2,1-3H3. The number of phenols is 1. The van der Waals surface area contributed by atoms with E-state index in [9.17, 15) is 9.50 Å². The molecule has 96 valence electrons. The van der Waals surface area contributed by atoms with Crippen molar-refractivity contribution < 1.29 is 9.50 Å². The summed E-state index contributed by atoms with van der Waals surface area (Å²) in [5, 5.41) is 12.6. The van der Waals surface area contributed by atoms with Crippen LogP contribution in [0.15, 0.2) is 23.6 Å². The van der Waals surface area contributed by atoms with Gasteiger partial charge >= 0.3 is 0 Å². The van der Waals surface area contributed by atoms with E-state index in [-0.39, 0.29) is 17.0 Å². The summed E-state index contributed by atoms with van der Waals surface area (Å²) < 4.78 is 13.1. The van der Waals surface area contributed by atoms with Gasteiger partial charge in [-0.2, -0.15) is 0 Å². The highest BCUT2D eigenvalue weighted by atomic mass is 32.1. The van der Waals surface area contributed by atoms with E-state index in [1.54, 1.807) is 11.3 Å². The van der Waals surface area contributed by atoms with Crippen molar-refractivity contribution >= 4 is 11.3 Å². The summed E-state index contributed by atoms with van der Waals surface area (Å²) in [6.45, 7) is 6.31. The molecule has 0 bridgehead atoms. The minimum Gasteiger partial charge on any atom is -0.508 e. The first kappa shape index (κ1) is 13.0. The lowest BCUT2D eigenvalue weighted by Crippen LogP contribution is -2.11. The average Bonchev–Trinajstić information content (AvgIpc) is 2.71. The zero-order chi connectivity index (χ0) is 13.3. The first-order valence-electron chi connectivity index (χ1n) is 5.78. The topological polar surface area (TPSA) is 33.1 Å². The van der Waals surface area contributed by atoms with Crippen molar-refractivity contribution in [3.8, 4) is 5.75 Å². The van der Waals surface area contributed by atoms with Crippen LogP contribution in [0.5, 0.6) is 5.75 Å². The van der Waals surface area contributed by atoms with Crippen molar-refractivity contribution in [1.82, 2.24) is 4.98 Å². The Morgan fingerprint density at radius 1 is 1.33 bits per heavy atom. The fourth-order valence-corrected chi connectivity index (χ4v) is 2.64. The van der Waals surface area contributed by atoms with E-state index in [1.807, 2.05) is 5.38 Å². The number of phenolic OH excluding ortho intramolecular Hbond substituents is 1. The number of nitrogens with zero attached hydrogens (tertiary/aromatic N) is 1. The van der Waals surface area contributed by atoms with Crippen LogP contribution in [0.2, 0.25) is 0 Å². The Morgan fingerprint density at radius 2 is 2.06 bits per heavy atom. The highest BCUT2D eigenvalue weighted by molar-refractivity contribution is 7.09. The number of hydrogen-bond donors (Lipinski definition) is 1. The summed E-state index contributed by atoms with van der Waals surface area (Å²) in [4.78, 5) is 4.53. The molecule has 0 saturated carbocycles. The predicted octanol–water partition coefficient (Wildman–Crippen LogP) is 3.88. The van der Waals surface area contributed by atoms with Crippen LogP contribution in [0.1, 0.15) is 37.0 Å². The van der Waals surface area contributed by atoms with Crippen LogP contribution in [0.3, 0.4) is 0 Å². The maximum Gasteiger partial charge on any atom is 0.123 e. The molecular weight excluding hydrogens is 249 g/mol. The van der Waals surface area contributed by atoms with Crippen LogP contribution < -0.4 is 0 Å². The molecule has 1 N–H and O–H groups in total. The monoisotopic (exact) mass is 265 g/mol. The molecule has 0 unspecified atom stereocenters. The first-order valence-corrected chi connectivity index (χ1v) is 6.66. The van der Waals surface area contributed by atoms with Crippen molar-refractivity contribution in [1.29, 1.82) is 0 Å². The van der Waals surface area contributed by atoms with E-state index >= 15 is 0 Å². The Hall–Kier alpha value is -1.42. The van der Waals surface area contributed by atoms with E-state index in [0.29, 0.717) is 12.0 Å². The molecule has 2 aromatic rings. The van der Waals surface area contributed by atoms with Crippen molar-refractivity contribution in [3.63, 3.8) is 0 Å². The lowest BCUT2D eigenvalue weighted by atomic mass is 9.93. The quantitative estimate of drug-likeness (QED) is 0.894. The minimum atomic E-state index is -0.338. The number of halogens is 1. The molecule has 2 rings (SSSR count). The molecule has 0 aliphatic heterocycles. The van der Waals surface area contributed by atoms with Crippen LogP contribution in [-0.2, 0) is 11.8 Å². The number of hydrogen-bond acceptors (Lipinski definition) is 3. The Kier molecular flexibility index (Phi) is 3.39. The number of aromatic nitrogens is 1. The third-order valence-electron chi connectivity index (χ3n) is 2.70. The Morgan fingerprint density at radius 3 is 2.67 bits per heavy atom. The maximum atomic E-state index is 13.1. The fraction of sp³-hybridized carbons (Fsp3) is 0.357. The number of thiazole rings is 1. The number of aromatic hydroxyl groups is 1. The van der Waals surface area contributed by atoms with Crippen molar-refractivity contribution in [2.45, 2.75) is 32.6 Å². The average molecular weight is 265 g/mol. The molecule has 0 saturated heterocycles. The van der Waals surface area contributed by atoms with Gasteiger partial charge in [-0.25, -0.2) is 9.37 Å². The van der Waals surface area contributed by atoms with Crippen molar-refractivity contribution in [3.05, 3.63) is 45.7 Å². The van der Waals surface area contributed by atoms with Gasteiger partial charge < -0.3 is 5.11 Å². The summed E-state index contributed by atoms with van der Waals surface area (Å²) in [6, 6.07) is 3.98. The Balaban J connectivity index is 2.24. The van der Waals surface area contributed by atoms with Crippen LogP contribution in [0, 0.1) is 5.82 Å². The largest absolute Gasteiger partial charge is 0.508 e. The van der Waals surface area contributed by atoms with E-state index in [1.165, 1.54) is 18.2 Å². The summed E-state index contributed by atoms with van der Waals surface area (Å²) in [5.41, 5.74) is 1.61. The highest BCUT2D eigenvalue weighted by Gasteiger charge is 2.17. The van der Waals surface area contributed by atoms with Gasteiger partial charge in [0, 0.05) is 22.8 Å². The van der Waals surface area contributed by atoms with Gasteiger partial charge in [-0.3, -0.25) is 0 Å². The molecule has 0 atom stereocenters. The lowest BCUT2D eigenvalue weighted by molar-refractivity contribution is 0.466. The van der Waals surface area contributed by atoms with Crippen molar-refractivity contribution in [2.24, 2.45) is 0 Å². The van der Waals surface area contributed by atoms with E-state index < -0.39 is 0 Å². The molecule has 1 aromatic heterocycles. The molecule has 2 nitrogen and oxygen atoms in total. The summed E-state index contributed by atoms with van der Waals surface area (Å²) in [6.07, 6.45) is 0.463. The summed E-state index contributed by atoms with van der Waals surface area (Å²) in [7, 11) is 0. The van der Waals surface area contributed by atoms with Crippen molar-refractivity contribution in [2.75, 3.05) is 0 Å². The molecular formula is C14H16FNOS. The van der Waals surface area contributed by atoms with Gasteiger partial charge in [0.1, 0.15) is 11.6 Å². The van der Waals surface area contributed by atoms with Crippen LogP contribution in [-0.4, -0.2) is 10.1 Å². The van der Waals surface area contributed by atoms with Crippen LogP contribution in [0.25, 0.3) is 0 Å². The molecule has 1 heterocycles. The minimum absolute atomic E-state index is 0.0126. The van der Waals surface area contributed by atoms with Crippen LogP contribution in [0.4, 0.5) is 4.39 Å². The molecule has 0 spiro atoms. The van der Waals surface area contributed by atoms with Gasteiger partial charge in [0.2, 0.25) is 0 Å². The molecule has 0 fully saturated rings. The maximum absolute atomic E-state index is 13.1. The molecule has 1 aromatic carbocycles. The van der Waals surface area contributed by atoms with Gasteiger partial charge in [-0.1, -0.05) is 20.8 Å². The van der Waals surface area contributed by atoms with E-state index in [2.05, 4.69) is 25.8 Å². The predicted molar refractivity (Wildman–Crippen MR) is 71.7 cm³/mol. The Bertz CT molecular complexity index is 557. The number of benzene rings is 1. The number of rotatable bonds is 2. The summed E-state index contributed by atoms with van der Waals surface area (Å²) in [5.74, 6) is -0.223. The zero-order valence-electron chi connectivity index (χ0n) is 10.7. The smallest absolute Gasteiger partial charge is 0.123 e. The molecule has 4 heteroatoms. The zero-order valence-corrected chi connectivity index (χ0v) is 11.5. The molecule has 0 amide bonds. The summed E-state index contributed by atoms with van der Waals surface area (Å²) >= 11 is 1.54. The second-order valence-electron chi connectivity index (χ2n) is 5.33. The normalized spacial score (nSPS) is 11.8. The van der Waals surface area contributed by atoms with Gasteiger partial charge in [0.15, 0.2) is 0 Å². The third kappa shape index (κ3) is 2.88. The van der Waals surface area contributed by atoms with Gasteiger partial charge in [-0.15, -0.1) is 11.3 Å². The van der Waals surface area contributed by atoms with Crippen LogP contribution >= 0.6 is 11.3 Å².